The number of ether oxygens (including phenoxy) is 1. The number of hydrogen-bond donors (Lipinski definition) is 2. The Morgan fingerprint density at radius 3 is 1.52 bits per heavy atom. The zero-order valence-electron chi connectivity index (χ0n) is 19.3. The van der Waals surface area contributed by atoms with Gasteiger partial charge in [0, 0.05) is 6.42 Å². The quantitative estimate of drug-likeness (QED) is 0.352. The first-order valence-electron chi connectivity index (χ1n) is 11.1. The second-order valence-corrected chi connectivity index (χ2v) is 9.01. The first-order chi connectivity index (χ1) is 15.7. The number of aliphatic carboxylic acids is 1. The standard InChI is InChI=1S/C28H31NO4/c1-27(2,3)33-26(32)24(19-20-25(30)31)29-28(21-13-7-4-8-14-21,22-15-9-5-10-16-22)23-17-11-6-12-18-23/h4-18,24,29H,19-20H2,1-3H3,(H,30,31)/t24-/m0/s1. The summed E-state index contributed by atoms with van der Waals surface area (Å²) in [5.74, 6) is -1.44. The van der Waals surface area contributed by atoms with Gasteiger partial charge in [-0.3, -0.25) is 14.9 Å². The number of esters is 1. The van der Waals surface area contributed by atoms with Gasteiger partial charge in [0.2, 0.25) is 0 Å². The Labute approximate surface area is 195 Å². The van der Waals surface area contributed by atoms with E-state index in [0.717, 1.165) is 16.7 Å². The number of carbonyl (C=O) groups excluding carboxylic acids is 1. The Morgan fingerprint density at radius 1 is 0.788 bits per heavy atom. The number of carboxylic acids is 1. The largest absolute Gasteiger partial charge is 0.481 e. The molecule has 0 aromatic heterocycles. The van der Waals surface area contributed by atoms with E-state index in [2.05, 4.69) is 5.32 Å². The lowest BCUT2D eigenvalue weighted by molar-refractivity contribution is -0.158. The average Bonchev–Trinajstić information content (AvgIpc) is 2.80. The van der Waals surface area contributed by atoms with E-state index in [0.29, 0.717) is 0 Å². The van der Waals surface area contributed by atoms with Crippen LogP contribution in [0, 0.1) is 0 Å². The molecule has 33 heavy (non-hydrogen) atoms. The molecule has 3 aromatic carbocycles. The Morgan fingerprint density at radius 2 is 1.18 bits per heavy atom. The summed E-state index contributed by atoms with van der Waals surface area (Å²) < 4.78 is 5.69. The fourth-order valence-electron chi connectivity index (χ4n) is 3.97. The molecular formula is C28H31NO4. The smallest absolute Gasteiger partial charge is 0.323 e. The predicted octanol–water partition coefficient (Wildman–Crippen LogP) is 5.14. The molecule has 0 aliphatic carbocycles. The van der Waals surface area contributed by atoms with Gasteiger partial charge in [0.1, 0.15) is 11.6 Å². The van der Waals surface area contributed by atoms with Crippen LogP contribution in [0.25, 0.3) is 0 Å². The summed E-state index contributed by atoms with van der Waals surface area (Å²) in [7, 11) is 0. The van der Waals surface area contributed by atoms with Crippen molar-refractivity contribution >= 4 is 11.9 Å². The van der Waals surface area contributed by atoms with E-state index >= 15 is 0 Å². The molecule has 0 spiro atoms. The monoisotopic (exact) mass is 445 g/mol. The second-order valence-electron chi connectivity index (χ2n) is 9.01. The van der Waals surface area contributed by atoms with Gasteiger partial charge in [0.15, 0.2) is 0 Å². The number of carbonyl (C=O) groups is 2. The van der Waals surface area contributed by atoms with Gasteiger partial charge in [-0.25, -0.2) is 0 Å². The van der Waals surface area contributed by atoms with E-state index in [9.17, 15) is 14.7 Å². The van der Waals surface area contributed by atoms with Crippen LogP contribution < -0.4 is 5.32 Å². The van der Waals surface area contributed by atoms with Crippen molar-refractivity contribution in [1.29, 1.82) is 0 Å². The van der Waals surface area contributed by atoms with Crippen molar-refractivity contribution in [3.8, 4) is 0 Å². The van der Waals surface area contributed by atoms with Gasteiger partial charge in [-0.15, -0.1) is 0 Å². The van der Waals surface area contributed by atoms with E-state index in [1.54, 1.807) is 20.8 Å². The SMILES string of the molecule is CC(C)(C)OC(=O)[C@H](CCC(=O)O)NC(c1ccccc1)(c1ccccc1)c1ccccc1. The Hall–Kier alpha value is -3.44. The van der Waals surface area contributed by atoms with Crippen LogP contribution in [0.4, 0.5) is 0 Å². The first kappa shape index (κ1) is 24.2. The summed E-state index contributed by atoms with van der Waals surface area (Å²) in [6.07, 6.45) is -0.0656. The lowest BCUT2D eigenvalue weighted by Gasteiger charge is -2.40. The van der Waals surface area contributed by atoms with Gasteiger partial charge in [-0.05, 0) is 43.9 Å². The molecule has 0 saturated heterocycles. The van der Waals surface area contributed by atoms with Gasteiger partial charge in [0.25, 0.3) is 0 Å². The van der Waals surface area contributed by atoms with Crippen molar-refractivity contribution in [3.63, 3.8) is 0 Å². The Bertz CT molecular complexity index is 947. The van der Waals surface area contributed by atoms with Gasteiger partial charge < -0.3 is 9.84 Å². The summed E-state index contributed by atoms with van der Waals surface area (Å²) in [4.78, 5) is 24.7. The molecule has 0 aliphatic heterocycles. The zero-order chi connectivity index (χ0) is 23.9. The molecule has 5 heteroatoms. The molecule has 0 aliphatic rings. The molecule has 0 amide bonds. The molecule has 3 rings (SSSR count). The molecule has 172 valence electrons. The van der Waals surface area contributed by atoms with Crippen molar-refractivity contribution in [2.24, 2.45) is 0 Å². The minimum Gasteiger partial charge on any atom is -0.481 e. The highest BCUT2D eigenvalue weighted by molar-refractivity contribution is 5.78. The highest BCUT2D eigenvalue weighted by Gasteiger charge is 2.40. The fourth-order valence-corrected chi connectivity index (χ4v) is 3.97. The highest BCUT2D eigenvalue weighted by Crippen LogP contribution is 2.37. The Balaban J connectivity index is 2.20. The van der Waals surface area contributed by atoms with Crippen molar-refractivity contribution in [3.05, 3.63) is 108 Å². The summed E-state index contributed by atoms with van der Waals surface area (Å²) in [6.45, 7) is 5.41. The Kier molecular flexibility index (Phi) is 7.67. The topological polar surface area (TPSA) is 75.6 Å². The van der Waals surface area contributed by atoms with E-state index < -0.39 is 29.1 Å². The lowest BCUT2D eigenvalue weighted by atomic mass is 9.76. The second kappa shape index (κ2) is 10.5. The van der Waals surface area contributed by atoms with E-state index in [1.807, 2.05) is 91.0 Å². The highest BCUT2D eigenvalue weighted by atomic mass is 16.6. The van der Waals surface area contributed by atoms with Gasteiger partial charge in [-0.2, -0.15) is 0 Å². The number of benzene rings is 3. The van der Waals surface area contributed by atoms with E-state index in [4.69, 9.17) is 4.74 Å². The van der Waals surface area contributed by atoms with Gasteiger partial charge in [0.05, 0.1) is 5.54 Å². The molecule has 3 aromatic rings. The van der Waals surface area contributed by atoms with Crippen LogP contribution in [0.3, 0.4) is 0 Å². The van der Waals surface area contributed by atoms with Crippen LogP contribution in [0.5, 0.6) is 0 Å². The van der Waals surface area contributed by atoms with Gasteiger partial charge >= 0.3 is 11.9 Å². The van der Waals surface area contributed by atoms with Crippen LogP contribution in [0.2, 0.25) is 0 Å². The molecule has 0 unspecified atom stereocenters. The summed E-state index contributed by atoms with van der Waals surface area (Å²) >= 11 is 0. The molecule has 2 N–H and O–H groups in total. The maximum atomic E-state index is 13.3. The minimum absolute atomic E-state index is 0.0957. The maximum absolute atomic E-state index is 13.3. The molecule has 0 fully saturated rings. The average molecular weight is 446 g/mol. The molecular weight excluding hydrogens is 414 g/mol. The van der Waals surface area contributed by atoms with E-state index in [1.165, 1.54) is 0 Å². The summed E-state index contributed by atoms with van der Waals surface area (Å²) in [5, 5.41) is 12.9. The van der Waals surface area contributed by atoms with Gasteiger partial charge in [-0.1, -0.05) is 91.0 Å². The number of nitrogens with one attached hydrogen (secondary N) is 1. The maximum Gasteiger partial charge on any atom is 0.323 e. The zero-order valence-corrected chi connectivity index (χ0v) is 19.3. The molecule has 0 bridgehead atoms. The van der Waals surface area contributed by atoms with Crippen molar-refractivity contribution in [2.45, 2.75) is 50.8 Å². The van der Waals surface area contributed by atoms with Crippen LogP contribution in [0.1, 0.15) is 50.3 Å². The minimum atomic E-state index is -0.963. The number of hydrogen-bond acceptors (Lipinski definition) is 4. The summed E-state index contributed by atoms with van der Waals surface area (Å²) in [5.41, 5.74) is 1.21. The molecule has 0 radical (unpaired) electrons. The van der Waals surface area contributed by atoms with E-state index in [-0.39, 0.29) is 12.8 Å². The molecule has 5 nitrogen and oxygen atoms in total. The van der Waals surface area contributed by atoms with Crippen LogP contribution in [-0.4, -0.2) is 28.7 Å². The van der Waals surface area contributed by atoms with Crippen molar-refractivity contribution < 1.29 is 19.4 Å². The van der Waals surface area contributed by atoms with Crippen LogP contribution >= 0.6 is 0 Å². The fraction of sp³-hybridized carbons (Fsp3) is 0.286. The molecule has 1 atom stereocenters. The summed E-state index contributed by atoms with van der Waals surface area (Å²) in [6, 6.07) is 28.8. The number of carboxylic acid groups (broad SMARTS) is 1. The third kappa shape index (κ3) is 6.08. The van der Waals surface area contributed by atoms with Crippen molar-refractivity contribution in [2.75, 3.05) is 0 Å². The molecule has 0 saturated carbocycles. The third-order valence-electron chi connectivity index (χ3n) is 5.35. The first-order valence-corrected chi connectivity index (χ1v) is 11.1. The predicted molar refractivity (Wildman–Crippen MR) is 129 cm³/mol. The molecule has 0 heterocycles. The third-order valence-corrected chi connectivity index (χ3v) is 5.35. The number of rotatable bonds is 9. The van der Waals surface area contributed by atoms with Crippen molar-refractivity contribution in [1.82, 2.24) is 5.32 Å². The van der Waals surface area contributed by atoms with Crippen LogP contribution in [0.15, 0.2) is 91.0 Å². The normalized spacial score (nSPS) is 12.7. The lowest BCUT2D eigenvalue weighted by Crippen LogP contribution is -2.53. The van der Waals surface area contributed by atoms with Crippen LogP contribution in [-0.2, 0) is 19.9 Å².